The molecule has 2 nitrogen and oxygen atoms in total. The van der Waals surface area contributed by atoms with Gasteiger partial charge in [0.1, 0.15) is 0 Å². The highest BCUT2D eigenvalue weighted by atomic mass is 32.2. The van der Waals surface area contributed by atoms with Crippen molar-refractivity contribution in [1.82, 2.24) is 0 Å². The molecule has 27 heavy (non-hydrogen) atoms. The summed E-state index contributed by atoms with van der Waals surface area (Å²) in [5.41, 5.74) is 4.62. The molecule has 2 aromatic rings. The summed E-state index contributed by atoms with van der Waals surface area (Å²) >= 11 is 1.82. The van der Waals surface area contributed by atoms with Crippen LogP contribution in [-0.4, -0.2) is 19.8 Å². The number of anilines is 1. The van der Waals surface area contributed by atoms with Crippen LogP contribution in [0.3, 0.4) is 0 Å². The Morgan fingerprint density at radius 1 is 1.07 bits per heavy atom. The SMILES string of the molecule is C\C=C/C(/C=C1\Sc2ccc3ccccc3c2N1C)=C1/C=CC=CC1=NC. The van der Waals surface area contributed by atoms with Crippen LogP contribution in [0, 0.1) is 0 Å². The molecule has 1 aliphatic carbocycles. The number of aliphatic imine (C=N–C) groups is 1. The Hall–Kier alpha value is -2.78. The molecule has 0 fully saturated rings. The van der Waals surface area contributed by atoms with Crippen LogP contribution in [0.4, 0.5) is 5.69 Å². The van der Waals surface area contributed by atoms with E-state index < -0.39 is 0 Å². The van der Waals surface area contributed by atoms with Crippen molar-refractivity contribution in [2.24, 2.45) is 4.99 Å². The lowest BCUT2D eigenvalue weighted by Gasteiger charge is -2.17. The molecule has 4 rings (SSSR count). The largest absolute Gasteiger partial charge is 0.338 e. The molecule has 0 unspecified atom stereocenters. The van der Waals surface area contributed by atoms with Gasteiger partial charge < -0.3 is 4.90 Å². The van der Waals surface area contributed by atoms with Crippen LogP contribution in [0.25, 0.3) is 10.8 Å². The molecule has 0 saturated carbocycles. The summed E-state index contributed by atoms with van der Waals surface area (Å²) in [6.45, 7) is 2.05. The molecule has 0 aromatic heterocycles. The fourth-order valence-corrected chi connectivity index (χ4v) is 4.64. The Labute approximate surface area is 165 Å². The van der Waals surface area contributed by atoms with Gasteiger partial charge in [-0.2, -0.15) is 0 Å². The molecule has 0 atom stereocenters. The molecule has 0 spiro atoms. The Kier molecular flexibility index (Phi) is 4.87. The Bertz CT molecular complexity index is 1080. The molecule has 0 saturated heterocycles. The van der Waals surface area contributed by atoms with Crippen molar-refractivity contribution in [3.63, 3.8) is 0 Å². The molecule has 3 heteroatoms. The zero-order valence-electron chi connectivity index (χ0n) is 15.8. The minimum Gasteiger partial charge on any atom is -0.338 e. The van der Waals surface area contributed by atoms with Crippen molar-refractivity contribution in [1.29, 1.82) is 0 Å². The summed E-state index contributed by atoms with van der Waals surface area (Å²) in [6.07, 6.45) is 14.8. The summed E-state index contributed by atoms with van der Waals surface area (Å²) in [5, 5.41) is 3.79. The van der Waals surface area contributed by atoms with E-state index in [0.717, 1.165) is 11.3 Å². The molecular formula is C24H22N2S. The number of thioether (sulfide) groups is 1. The summed E-state index contributed by atoms with van der Waals surface area (Å²) in [4.78, 5) is 8.05. The van der Waals surface area contributed by atoms with E-state index in [0.29, 0.717) is 0 Å². The van der Waals surface area contributed by atoms with E-state index in [9.17, 15) is 0 Å². The van der Waals surface area contributed by atoms with E-state index in [2.05, 4.69) is 96.7 Å². The van der Waals surface area contributed by atoms with Crippen molar-refractivity contribution < 1.29 is 0 Å². The molecular weight excluding hydrogens is 348 g/mol. The van der Waals surface area contributed by atoms with Crippen LogP contribution in [0.15, 0.2) is 105 Å². The zero-order valence-corrected chi connectivity index (χ0v) is 16.6. The highest BCUT2D eigenvalue weighted by Gasteiger charge is 2.24. The summed E-state index contributed by atoms with van der Waals surface area (Å²) in [5.74, 6) is 0. The Morgan fingerprint density at radius 3 is 2.70 bits per heavy atom. The number of hydrogen-bond acceptors (Lipinski definition) is 3. The highest BCUT2D eigenvalue weighted by molar-refractivity contribution is 8.03. The second kappa shape index (κ2) is 7.45. The van der Waals surface area contributed by atoms with Crippen molar-refractivity contribution in [2.75, 3.05) is 19.0 Å². The van der Waals surface area contributed by atoms with Gasteiger partial charge in [-0.05, 0) is 36.1 Å². The Morgan fingerprint density at radius 2 is 1.89 bits per heavy atom. The van der Waals surface area contributed by atoms with E-state index in [4.69, 9.17) is 0 Å². The molecule has 2 aromatic carbocycles. The van der Waals surface area contributed by atoms with Crippen molar-refractivity contribution in [3.05, 3.63) is 95.1 Å². The van der Waals surface area contributed by atoms with Gasteiger partial charge in [0, 0.05) is 30.0 Å². The minimum atomic E-state index is 1.01. The van der Waals surface area contributed by atoms with Crippen LogP contribution in [0.1, 0.15) is 6.92 Å². The van der Waals surface area contributed by atoms with Gasteiger partial charge in [-0.25, -0.2) is 0 Å². The van der Waals surface area contributed by atoms with E-state index in [1.165, 1.54) is 32.0 Å². The number of hydrogen-bond donors (Lipinski definition) is 0. The third-order valence-corrected chi connectivity index (χ3v) is 5.98. The first-order valence-corrected chi connectivity index (χ1v) is 9.88. The van der Waals surface area contributed by atoms with Gasteiger partial charge >= 0.3 is 0 Å². The topological polar surface area (TPSA) is 15.6 Å². The normalized spacial score (nSPS) is 21.1. The first-order chi connectivity index (χ1) is 13.2. The number of fused-ring (bicyclic) bond motifs is 3. The van der Waals surface area contributed by atoms with Crippen molar-refractivity contribution in [3.8, 4) is 0 Å². The van der Waals surface area contributed by atoms with Gasteiger partial charge in [0.15, 0.2) is 0 Å². The lowest BCUT2D eigenvalue weighted by Crippen LogP contribution is -2.11. The monoisotopic (exact) mass is 370 g/mol. The van der Waals surface area contributed by atoms with E-state index in [1.54, 1.807) is 0 Å². The van der Waals surface area contributed by atoms with Crippen LogP contribution >= 0.6 is 11.8 Å². The van der Waals surface area contributed by atoms with Crippen LogP contribution in [0.2, 0.25) is 0 Å². The maximum absolute atomic E-state index is 4.44. The van der Waals surface area contributed by atoms with Gasteiger partial charge in [-0.15, -0.1) is 0 Å². The average molecular weight is 371 g/mol. The van der Waals surface area contributed by atoms with Gasteiger partial charge in [-0.1, -0.05) is 72.5 Å². The molecule has 1 aliphatic heterocycles. The second-order valence-corrected chi connectivity index (χ2v) is 7.54. The molecule has 134 valence electrons. The predicted octanol–water partition coefficient (Wildman–Crippen LogP) is 6.29. The summed E-state index contributed by atoms with van der Waals surface area (Å²) < 4.78 is 0. The fraction of sp³-hybridized carbons (Fsp3) is 0.125. The van der Waals surface area contributed by atoms with Gasteiger partial charge in [0.05, 0.1) is 16.4 Å². The average Bonchev–Trinajstić information content (AvgIpc) is 3.03. The number of nitrogens with zero attached hydrogens (tertiary/aromatic N) is 2. The number of allylic oxidation sites excluding steroid dienone is 9. The Balaban J connectivity index is 1.83. The number of benzene rings is 2. The summed E-state index contributed by atoms with van der Waals surface area (Å²) in [6, 6.07) is 13.0. The fourth-order valence-electron chi connectivity index (χ4n) is 3.52. The maximum atomic E-state index is 4.44. The zero-order chi connectivity index (χ0) is 18.8. The van der Waals surface area contributed by atoms with Crippen LogP contribution in [0.5, 0.6) is 0 Å². The first kappa shape index (κ1) is 17.6. The quantitative estimate of drug-likeness (QED) is 0.617. The van der Waals surface area contributed by atoms with Crippen molar-refractivity contribution >= 4 is 33.9 Å². The third-order valence-electron chi connectivity index (χ3n) is 4.83. The molecule has 0 amide bonds. The highest BCUT2D eigenvalue weighted by Crippen LogP contribution is 2.49. The first-order valence-electron chi connectivity index (χ1n) is 9.07. The van der Waals surface area contributed by atoms with E-state index in [1.807, 2.05) is 24.9 Å². The van der Waals surface area contributed by atoms with E-state index >= 15 is 0 Å². The summed E-state index contributed by atoms with van der Waals surface area (Å²) in [7, 11) is 4.00. The van der Waals surface area contributed by atoms with E-state index in [-0.39, 0.29) is 0 Å². The van der Waals surface area contributed by atoms with Gasteiger partial charge in [0.2, 0.25) is 0 Å². The van der Waals surface area contributed by atoms with Crippen LogP contribution in [-0.2, 0) is 0 Å². The maximum Gasteiger partial charge on any atom is 0.0805 e. The molecule has 2 aliphatic rings. The van der Waals surface area contributed by atoms with Crippen LogP contribution < -0.4 is 4.90 Å². The lowest BCUT2D eigenvalue weighted by atomic mass is 9.98. The lowest BCUT2D eigenvalue weighted by molar-refractivity contribution is 1.19. The smallest absolute Gasteiger partial charge is 0.0805 e. The van der Waals surface area contributed by atoms with Crippen molar-refractivity contribution in [2.45, 2.75) is 11.8 Å². The predicted molar refractivity (Wildman–Crippen MR) is 120 cm³/mol. The second-order valence-electron chi connectivity index (χ2n) is 6.47. The van der Waals surface area contributed by atoms with Gasteiger partial charge in [0.25, 0.3) is 0 Å². The minimum absolute atomic E-state index is 1.01. The molecule has 0 bridgehead atoms. The standard InChI is InChI=1S/C24H22N2S/c1-4-9-18(19-11-7-8-13-21(19)25-2)16-23-26(3)24-20-12-6-5-10-17(20)14-15-22(24)27-23/h4-16H,1-3H3/b9-4-,19-18+,23-16-,25-21?. The number of rotatable bonds is 2. The molecule has 0 N–H and O–H groups in total. The third kappa shape index (κ3) is 3.19. The van der Waals surface area contributed by atoms with Gasteiger partial charge in [-0.3, -0.25) is 4.99 Å². The molecule has 1 heterocycles. The molecule has 0 radical (unpaired) electrons.